The van der Waals surface area contributed by atoms with Crippen LogP contribution < -0.4 is 10.1 Å². The molecule has 0 fully saturated rings. The van der Waals surface area contributed by atoms with Crippen molar-refractivity contribution in [3.8, 4) is 5.75 Å². The Morgan fingerprint density at radius 1 is 1.12 bits per heavy atom. The summed E-state index contributed by atoms with van der Waals surface area (Å²) in [5, 5.41) is 3.42. The number of benzene rings is 1. The van der Waals surface area contributed by atoms with Gasteiger partial charge in [-0.15, -0.1) is 0 Å². The van der Waals surface area contributed by atoms with Crippen LogP contribution in [0.5, 0.6) is 5.75 Å². The highest BCUT2D eigenvalue weighted by molar-refractivity contribution is 5.28. The summed E-state index contributed by atoms with van der Waals surface area (Å²) in [5.74, 6) is 0.890. The maximum absolute atomic E-state index is 5.19. The van der Waals surface area contributed by atoms with E-state index in [0.29, 0.717) is 6.04 Å². The van der Waals surface area contributed by atoms with Gasteiger partial charge in [0.25, 0.3) is 0 Å². The van der Waals surface area contributed by atoms with Crippen LogP contribution in [0.25, 0.3) is 0 Å². The van der Waals surface area contributed by atoms with Gasteiger partial charge in [0.15, 0.2) is 0 Å². The number of methoxy groups -OCH3 is 2. The van der Waals surface area contributed by atoms with Crippen LogP contribution in [0.3, 0.4) is 0 Å². The van der Waals surface area contributed by atoms with E-state index in [4.69, 9.17) is 9.47 Å². The highest BCUT2D eigenvalue weighted by Crippen LogP contribution is 2.17. The molecule has 1 aromatic carbocycles. The topological polar surface area (TPSA) is 30.5 Å². The third-order valence-electron chi connectivity index (χ3n) is 2.73. The van der Waals surface area contributed by atoms with E-state index >= 15 is 0 Å². The summed E-state index contributed by atoms with van der Waals surface area (Å²) < 4.78 is 10.3. The van der Waals surface area contributed by atoms with E-state index in [1.54, 1.807) is 14.2 Å². The Hall–Kier alpha value is -1.06. The minimum atomic E-state index is 0.237. The molecule has 0 aliphatic heterocycles. The van der Waals surface area contributed by atoms with Gasteiger partial charge in [0.1, 0.15) is 5.75 Å². The lowest BCUT2D eigenvalue weighted by atomic mass is 10.1. The SMILES string of the molecule is COc1ccc([C@@H](C)NC[C@@H](C)OC)cc1. The summed E-state index contributed by atoms with van der Waals surface area (Å²) in [6, 6.07) is 8.44. The van der Waals surface area contributed by atoms with Gasteiger partial charge in [-0.2, -0.15) is 0 Å². The maximum Gasteiger partial charge on any atom is 0.118 e. The van der Waals surface area contributed by atoms with Gasteiger partial charge in [0, 0.05) is 19.7 Å². The second-order valence-corrected chi connectivity index (χ2v) is 3.95. The fourth-order valence-electron chi connectivity index (χ4n) is 1.44. The van der Waals surface area contributed by atoms with E-state index in [-0.39, 0.29) is 6.10 Å². The van der Waals surface area contributed by atoms with Crippen molar-refractivity contribution >= 4 is 0 Å². The van der Waals surface area contributed by atoms with Crippen LogP contribution in [0.2, 0.25) is 0 Å². The molecule has 1 N–H and O–H groups in total. The van der Waals surface area contributed by atoms with Crippen molar-refractivity contribution in [3.05, 3.63) is 29.8 Å². The molecule has 0 aliphatic rings. The first kappa shape index (κ1) is 13.0. The van der Waals surface area contributed by atoms with Crippen molar-refractivity contribution in [3.63, 3.8) is 0 Å². The van der Waals surface area contributed by atoms with Gasteiger partial charge in [-0.25, -0.2) is 0 Å². The highest BCUT2D eigenvalue weighted by Gasteiger charge is 2.06. The number of nitrogens with one attached hydrogen (secondary N) is 1. The van der Waals surface area contributed by atoms with Gasteiger partial charge in [-0.05, 0) is 31.5 Å². The molecule has 0 heterocycles. The molecule has 0 unspecified atom stereocenters. The molecule has 16 heavy (non-hydrogen) atoms. The van der Waals surface area contributed by atoms with Gasteiger partial charge in [-0.3, -0.25) is 0 Å². The molecule has 90 valence electrons. The first-order chi connectivity index (χ1) is 7.67. The Bertz CT molecular complexity index is 297. The standard InChI is InChI=1S/C13H21NO2/c1-10(15-3)9-14-11(2)12-5-7-13(16-4)8-6-12/h5-8,10-11,14H,9H2,1-4H3/t10-,11-/m1/s1. The zero-order valence-corrected chi connectivity index (χ0v) is 10.5. The van der Waals surface area contributed by atoms with Gasteiger partial charge >= 0.3 is 0 Å². The van der Waals surface area contributed by atoms with E-state index in [0.717, 1.165) is 12.3 Å². The van der Waals surface area contributed by atoms with Crippen LogP contribution in [-0.4, -0.2) is 26.9 Å². The first-order valence-corrected chi connectivity index (χ1v) is 5.57. The second kappa shape index (κ2) is 6.51. The molecule has 0 saturated heterocycles. The molecule has 1 aromatic rings. The van der Waals surface area contributed by atoms with Crippen LogP contribution >= 0.6 is 0 Å². The smallest absolute Gasteiger partial charge is 0.118 e. The number of ether oxygens (including phenoxy) is 2. The molecule has 3 nitrogen and oxygen atoms in total. The van der Waals surface area contributed by atoms with Gasteiger partial charge in [-0.1, -0.05) is 12.1 Å². The summed E-state index contributed by atoms with van der Waals surface area (Å²) in [4.78, 5) is 0. The molecule has 0 amide bonds. The molecule has 0 bridgehead atoms. The molecule has 0 aliphatic carbocycles. The molecule has 0 saturated carbocycles. The average Bonchev–Trinajstić information content (AvgIpc) is 2.35. The lowest BCUT2D eigenvalue weighted by Crippen LogP contribution is -2.28. The van der Waals surface area contributed by atoms with Crippen molar-refractivity contribution in [1.82, 2.24) is 5.32 Å². The van der Waals surface area contributed by atoms with E-state index < -0.39 is 0 Å². The lowest BCUT2D eigenvalue weighted by Gasteiger charge is -2.17. The zero-order valence-electron chi connectivity index (χ0n) is 10.5. The van der Waals surface area contributed by atoms with Gasteiger partial charge in [0.05, 0.1) is 13.2 Å². The second-order valence-electron chi connectivity index (χ2n) is 3.95. The van der Waals surface area contributed by atoms with E-state index in [1.165, 1.54) is 5.56 Å². The summed E-state index contributed by atoms with van der Waals surface area (Å²) in [6.07, 6.45) is 0.237. The third-order valence-corrected chi connectivity index (χ3v) is 2.73. The molecular formula is C13H21NO2. The van der Waals surface area contributed by atoms with E-state index in [2.05, 4.69) is 24.4 Å². The summed E-state index contributed by atoms with van der Waals surface area (Å²) in [7, 11) is 3.40. The molecule has 2 atom stereocenters. The first-order valence-electron chi connectivity index (χ1n) is 5.57. The Morgan fingerprint density at radius 2 is 1.75 bits per heavy atom. The van der Waals surface area contributed by atoms with Crippen LogP contribution in [0.15, 0.2) is 24.3 Å². The minimum absolute atomic E-state index is 0.237. The molecule has 3 heteroatoms. The highest BCUT2D eigenvalue weighted by atomic mass is 16.5. The van der Waals surface area contributed by atoms with Crippen molar-refractivity contribution in [2.75, 3.05) is 20.8 Å². The fraction of sp³-hybridized carbons (Fsp3) is 0.538. The molecule has 0 aromatic heterocycles. The van der Waals surface area contributed by atoms with Crippen molar-refractivity contribution < 1.29 is 9.47 Å². The van der Waals surface area contributed by atoms with Crippen LogP contribution in [-0.2, 0) is 4.74 Å². The Morgan fingerprint density at radius 3 is 2.25 bits per heavy atom. The van der Waals surface area contributed by atoms with Gasteiger partial charge < -0.3 is 14.8 Å². The monoisotopic (exact) mass is 223 g/mol. The predicted molar refractivity (Wildman–Crippen MR) is 65.9 cm³/mol. The number of hydrogen-bond acceptors (Lipinski definition) is 3. The van der Waals surface area contributed by atoms with Gasteiger partial charge in [0.2, 0.25) is 0 Å². The average molecular weight is 223 g/mol. The molecule has 1 rings (SSSR count). The normalized spacial score (nSPS) is 14.5. The third kappa shape index (κ3) is 3.83. The maximum atomic E-state index is 5.19. The van der Waals surface area contributed by atoms with Crippen molar-refractivity contribution in [2.24, 2.45) is 0 Å². The summed E-state index contributed by atoms with van der Waals surface area (Å²) in [6.45, 7) is 5.04. The van der Waals surface area contributed by atoms with Crippen molar-refractivity contribution in [1.29, 1.82) is 0 Å². The molecule has 0 spiro atoms. The largest absolute Gasteiger partial charge is 0.497 e. The quantitative estimate of drug-likeness (QED) is 0.803. The number of rotatable bonds is 6. The van der Waals surface area contributed by atoms with Crippen LogP contribution in [0.4, 0.5) is 0 Å². The van der Waals surface area contributed by atoms with Crippen molar-refractivity contribution in [2.45, 2.75) is 26.0 Å². The van der Waals surface area contributed by atoms with E-state index in [1.807, 2.05) is 19.1 Å². The Balaban J connectivity index is 2.49. The molecular weight excluding hydrogens is 202 g/mol. The molecule has 0 radical (unpaired) electrons. The predicted octanol–water partition coefficient (Wildman–Crippen LogP) is 2.38. The lowest BCUT2D eigenvalue weighted by molar-refractivity contribution is 0.115. The van der Waals surface area contributed by atoms with Crippen LogP contribution in [0.1, 0.15) is 25.5 Å². The Labute approximate surface area is 97.8 Å². The Kier molecular flexibility index (Phi) is 5.29. The van der Waals surface area contributed by atoms with Crippen LogP contribution in [0, 0.1) is 0 Å². The minimum Gasteiger partial charge on any atom is -0.497 e. The summed E-state index contributed by atoms with van der Waals surface area (Å²) >= 11 is 0. The fourth-order valence-corrected chi connectivity index (χ4v) is 1.44. The summed E-state index contributed by atoms with van der Waals surface area (Å²) in [5.41, 5.74) is 1.25. The van der Waals surface area contributed by atoms with E-state index in [9.17, 15) is 0 Å². The number of hydrogen-bond donors (Lipinski definition) is 1. The zero-order chi connectivity index (χ0) is 12.0.